The Balaban J connectivity index is 1.54. The van der Waals surface area contributed by atoms with E-state index in [1.165, 1.54) is 0 Å². The number of hydrogen-bond donors (Lipinski definition) is 2. The van der Waals surface area contributed by atoms with Crippen LogP contribution in [0.5, 0.6) is 0 Å². The van der Waals surface area contributed by atoms with E-state index in [-0.39, 0.29) is 11.8 Å². The van der Waals surface area contributed by atoms with Crippen LogP contribution in [0.15, 0.2) is 108 Å². The maximum Gasteiger partial charge on any atom is 0.255 e. The number of oxazole rings is 1. The molecule has 160 valence electrons. The maximum atomic E-state index is 13.0. The van der Waals surface area contributed by atoms with Crippen LogP contribution in [0.1, 0.15) is 20.7 Å². The number of aromatic nitrogens is 1. The first kappa shape index (κ1) is 20.2. The summed E-state index contributed by atoms with van der Waals surface area (Å²) in [5, 5.41) is 5.72. The molecule has 2 N–H and O–H groups in total. The van der Waals surface area contributed by atoms with Gasteiger partial charge >= 0.3 is 0 Å². The lowest BCUT2D eigenvalue weighted by molar-refractivity contribution is 0.102. The Labute approximate surface area is 189 Å². The molecule has 6 heteroatoms. The van der Waals surface area contributed by atoms with Crippen LogP contribution in [0.4, 0.5) is 11.4 Å². The van der Waals surface area contributed by atoms with Gasteiger partial charge in [0.2, 0.25) is 5.89 Å². The highest BCUT2D eigenvalue weighted by Gasteiger charge is 2.17. The summed E-state index contributed by atoms with van der Waals surface area (Å²) < 4.78 is 5.89. The summed E-state index contributed by atoms with van der Waals surface area (Å²) in [6, 6.07) is 30.6. The number of nitrogens with zero attached hydrogens (tertiary/aromatic N) is 1. The van der Waals surface area contributed by atoms with Crippen LogP contribution >= 0.6 is 0 Å². The molecule has 0 bridgehead atoms. The lowest BCUT2D eigenvalue weighted by Gasteiger charge is -2.10. The smallest absolute Gasteiger partial charge is 0.255 e. The average molecular weight is 433 g/mol. The summed E-state index contributed by atoms with van der Waals surface area (Å²) in [5.74, 6) is -0.347. The molecule has 5 aromatic rings. The molecule has 1 aromatic heterocycles. The molecule has 0 atom stereocenters. The van der Waals surface area contributed by atoms with Crippen molar-refractivity contribution in [3.8, 4) is 11.5 Å². The Kier molecular flexibility index (Phi) is 5.39. The fourth-order valence-corrected chi connectivity index (χ4v) is 3.46. The lowest BCUT2D eigenvalue weighted by atomic mass is 10.0. The number of fused-ring (bicyclic) bond motifs is 1. The number of benzene rings is 4. The van der Waals surface area contributed by atoms with E-state index in [1.807, 2.05) is 60.7 Å². The third-order valence-corrected chi connectivity index (χ3v) is 5.06. The van der Waals surface area contributed by atoms with Gasteiger partial charge in [-0.1, -0.05) is 48.5 Å². The molecular weight excluding hydrogens is 414 g/mol. The molecule has 0 unspecified atom stereocenters. The second kappa shape index (κ2) is 8.80. The SMILES string of the molecule is O=C(Nc1ccccc1)c1cc(C(=O)Nc2ccccc2)cc(-c2nc3ccccc3o2)c1. The van der Waals surface area contributed by atoms with E-state index in [4.69, 9.17) is 4.42 Å². The number of carbonyl (C=O) groups excluding carboxylic acids is 2. The fourth-order valence-electron chi connectivity index (χ4n) is 3.46. The van der Waals surface area contributed by atoms with Crippen molar-refractivity contribution < 1.29 is 14.0 Å². The van der Waals surface area contributed by atoms with Crippen LogP contribution in [-0.4, -0.2) is 16.8 Å². The first-order chi connectivity index (χ1) is 16.2. The monoisotopic (exact) mass is 433 g/mol. The van der Waals surface area contributed by atoms with Gasteiger partial charge in [-0.3, -0.25) is 9.59 Å². The Morgan fingerprint density at radius 3 is 1.70 bits per heavy atom. The number of carbonyl (C=O) groups is 2. The van der Waals surface area contributed by atoms with E-state index in [9.17, 15) is 9.59 Å². The minimum Gasteiger partial charge on any atom is -0.436 e. The van der Waals surface area contributed by atoms with Crippen molar-refractivity contribution in [2.75, 3.05) is 10.6 Å². The van der Waals surface area contributed by atoms with Gasteiger partial charge in [0.15, 0.2) is 5.58 Å². The number of rotatable bonds is 5. The van der Waals surface area contributed by atoms with Gasteiger partial charge in [-0.2, -0.15) is 0 Å². The number of para-hydroxylation sites is 4. The molecule has 0 aliphatic heterocycles. The van der Waals surface area contributed by atoms with Gasteiger partial charge in [0.25, 0.3) is 11.8 Å². The van der Waals surface area contributed by atoms with Crippen LogP contribution in [0.2, 0.25) is 0 Å². The molecule has 0 saturated heterocycles. The summed E-state index contributed by atoms with van der Waals surface area (Å²) in [6.07, 6.45) is 0. The molecule has 0 aliphatic rings. The van der Waals surface area contributed by atoms with Crippen LogP contribution < -0.4 is 10.6 Å². The van der Waals surface area contributed by atoms with Crippen LogP contribution in [0, 0.1) is 0 Å². The fraction of sp³-hybridized carbons (Fsp3) is 0. The van der Waals surface area contributed by atoms with E-state index in [0.717, 1.165) is 0 Å². The zero-order valence-corrected chi connectivity index (χ0v) is 17.5. The number of nitrogens with one attached hydrogen (secondary N) is 2. The first-order valence-corrected chi connectivity index (χ1v) is 10.4. The van der Waals surface area contributed by atoms with Crippen LogP contribution in [0.3, 0.4) is 0 Å². The van der Waals surface area contributed by atoms with Crippen molar-refractivity contribution in [3.05, 3.63) is 114 Å². The molecule has 0 fully saturated rings. The Morgan fingerprint density at radius 1 is 0.636 bits per heavy atom. The minimum absolute atomic E-state index is 0.317. The number of hydrogen-bond acceptors (Lipinski definition) is 4. The summed E-state index contributed by atoms with van der Waals surface area (Å²) in [5.41, 5.74) is 3.80. The lowest BCUT2D eigenvalue weighted by Crippen LogP contribution is -2.16. The quantitative estimate of drug-likeness (QED) is 0.356. The van der Waals surface area contributed by atoms with Gasteiger partial charge in [0.05, 0.1) is 0 Å². The Bertz CT molecular complexity index is 1340. The van der Waals surface area contributed by atoms with E-state index in [1.54, 1.807) is 42.5 Å². The predicted octanol–water partition coefficient (Wildman–Crippen LogP) is 6.00. The summed E-state index contributed by atoms with van der Waals surface area (Å²) in [4.78, 5) is 30.5. The predicted molar refractivity (Wildman–Crippen MR) is 128 cm³/mol. The van der Waals surface area contributed by atoms with Crippen LogP contribution in [0.25, 0.3) is 22.6 Å². The van der Waals surface area contributed by atoms with Gasteiger partial charge in [-0.05, 0) is 54.6 Å². The molecule has 0 aliphatic carbocycles. The molecule has 0 radical (unpaired) electrons. The van der Waals surface area contributed by atoms with E-state index < -0.39 is 0 Å². The topological polar surface area (TPSA) is 84.2 Å². The zero-order valence-electron chi connectivity index (χ0n) is 17.5. The molecule has 0 spiro atoms. The molecule has 33 heavy (non-hydrogen) atoms. The number of amides is 2. The molecule has 4 aromatic carbocycles. The van der Waals surface area contributed by atoms with E-state index in [2.05, 4.69) is 15.6 Å². The Morgan fingerprint density at radius 2 is 1.15 bits per heavy atom. The van der Waals surface area contributed by atoms with Crippen LogP contribution in [-0.2, 0) is 0 Å². The van der Waals surface area contributed by atoms with Crippen molar-refractivity contribution in [2.24, 2.45) is 0 Å². The summed E-state index contributed by atoms with van der Waals surface area (Å²) in [7, 11) is 0. The Hall–Kier alpha value is -4.71. The third-order valence-electron chi connectivity index (χ3n) is 5.06. The van der Waals surface area contributed by atoms with Gasteiger partial charge < -0.3 is 15.1 Å². The standard InChI is InChI=1S/C27H19N3O3/c31-25(28-21-9-3-1-4-10-21)18-15-19(26(32)29-22-11-5-2-6-12-22)17-20(16-18)27-30-23-13-7-8-14-24(23)33-27/h1-17H,(H,28,31)(H,29,32). The molecule has 5 rings (SSSR count). The van der Waals surface area contributed by atoms with Crippen molar-refractivity contribution in [2.45, 2.75) is 0 Å². The minimum atomic E-state index is -0.340. The van der Waals surface area contributed by atoms with E-state index >= 15 is 0 Å². The largest absolute Gasteiger partial charge is 0.436 e. The second-order valence-corrected chi connectivity index (χ2v) is 7.43. The summed E-state index contributed by atoms with van der Waals surface area (Å²) >= 11 is 0. The second-order valence-electron chi connectivity index (χ2n) is 7.43. The molecule has 1 heterocycles. The molecule has 2 amide bonds. The van der Waals surface area contributed by atoms with Crippen molar-refractivity contribution >= 4 is 34.3 Å². The molecule has 6 nitrogen and oxygen atoms in total. The highest BCUT2D eigenvalue weighted by molar-refractivity contribution is 6.09. The van der Waals surface area contributed by atoms with E-state index in [0.29, 0.717) is 45.1 Å². The zero-order chi connectivity index (χ0) is 22.6. The normalized spacial score (nSPS) is 10.7. The van der Waals surface area contributed by atoms with Crippen molar-refractivity contribution in [1.29, 1.82) is 0 Å². The average Bonchev–Trinajstić information content (AvgIpc) is 3.29. The summed E-state index contributed by atoms with van der Waals surface area (Å²) in [6.45, 7) is 0. The third kappa shape index (κ3) is 4.50. The maximum absolute atomic E-state index is 13.0. The molecule has 0 saturated carbocycles. The van der Waals surface area contributed by atoms with Gasteiger partial charge in [-0.15, -0.1) is 0 Å². The molecular formula is C27H19N3O3. The first-order valence-electron chi connectivity index (χ1n) is 10.4. The van der Waals surface area contributed by atoms with Crippen molar-refractivity contribution in [1.82, 2.24) is 4.98 Å². The van der Waals surface area contributed by atoms with Gasteiger partial charge in [0, 0.05) is 28.1 Å². The number of anilines is 2. The van der Waals surface area contributed by atoms with Crippen molar-refractivity contribution in [3.63, 3.8) is 0 Å². The van der Waals surface area contributed by atoms with Gasteiger partial charge in [-0.25, -0.2) is 4.98 Å². The highest BCUT2D eigenvalue weighted by Crippen LogP contribution is 2.27. The van der Waals surface area contributed by atoms with Gasteiger partial charge in [0.1, 0.15) is 5.52 Å². The highest BCUT2D eigenvalue weighted by atomic mass is 16.3.